The molecule has 1 aliphatic rings. The molecule has 0 bridgehead atoms. The Balaban J connectivity index is 2.33. The molecule has 106 valence electrons. The summed E-state index contributed by atoms with van der Waals surface area (Å²) >= 11 is 0. The van der Waals surface area contributed by atoms with Crippen molar-refractivity contribution in [1.82, 2.24) is 5.32 Å². The van der Waals surface area contributed by atoms with Crippen molar-refractivity contribution in [2.45, 2.75) is 4.90 Å². The van der Waals surface area contributed by atoms with Gasteiger partial charge in [0.05, 0.1) is 10.6 Å². The van der Waals surface area contributed by atoms with Gasteiger partial charge in [-0.2, -0.15) is 0 Å². The monoisotopic (exact) mass is 299 g/mol. The Morgan fingerprint density at radius 2 is 1.57 bits per heavy atom. The van der Waals surface area contributed by atoms with Crippen molar-refractivity contribution in [2.24, 2.45) is 0 Å². The maximum Gasteiger partial charge on any atom is 0.213 e. The lowest BCUT2D eigenvalue weighted by molar-refractivity contribution is 0.104. The number of benzene rings is 2. The number of rotatable bonds is 2. The number of sulfone groups is 1. The lowest BCUT2D eigenvalue weighted by Crippen LogP contribution is -2.15. The zero-order valence-corrected chi connectivity index (χ0v) is 12.1. The molecule has 1 aliphatic heterocycles. The quantitative estimate of drug-likeness (QED) is 0.864. The van der Waals surface area contributed by atoms with Gasteiger partial charge in [0.15, 0.2) is 0 Å². The molecule has 0 unspecified atom stereocenters. The summed E-state index contributed by atoms with van der Waals surface area (Å²) in [5, 5.41) is 2.86. The second-order valence-electron chi connectivity index (χ2n) is 4.65. The van der Waals surface area contributed by atoms with Crippen LogP contribution in [-0.2, 0) is 9.84 Å². The van der Waals surface area contributed by atoms with Gasteiger partial charge in [-0.05, 0) is 17.7 Å². The fourth-order valence-corrected chi connectivity index (χ4v) is 4.26. The second kappa shape index (κ2) is 4.86. The molecule has 0 radical (unpaired) electrons. The number of fused-ring (bicyclic) bond motifs is 1. The number of hydrogen-bond acceptors (Lipinski definition) is 4. The molecule has 0 saturated carbocycles. The number of ketones is 1. The van der Waals surface area contributed by atoms with Gasteiger partial charge in [-0.1, -0.05) is 42.5 Å². The Hall–Kier alpha value is -2.40. The van der Waals surface area contributed by atoms with Gasteiger partial charge in [-0.15, -0.1) is 0 Å². The van der Waals surface area contributed by atoms with E-state index < -0.39 is 15.6 Å². The highest BCUT2D eigenvalue weighted by molar-refractivity contribution is 7.97. The minimum Gasteiger partial charge on any atom is -0.386 e. The molecule has 1 heterocycles. The van der Waals surface area contributed by atoms with E-state index in [1.807, 2.05) is 6.07 Å². The zero-order valence-electron chi connectivity index (χ0n) is 11.3. The minimum atomic E-state index is -3.79. The molecule has 4 nitrogen and oxygen atoms in total. The Bertz CT molecular complexity index is 852. The maximum atomic E-state index is 12.6. The van der Waals surface area contributed by atoms with Crippen LogP contribution in [0.25, 0.3) is 5.70 Å². The van der Waals surface area contributed by atoms with Crippen LogP contribution in [0.2, 0.25) is 0 Å². The third-order valence-corrected chi connectivity index (χ3v) is 5.30. The van der Waals surface area contributed by atoms with Gasteiger partial charge in [0.25, 0.3) is 0 Å². The number of nitrogens with one attached hydrogen (secondary N) is 1. The highest BCUT2D eigenvalue weighted by Gasteiger charge is 2.41. The van der Waals surface area contributed by atoms with Gasteiger partial charge in [0.2, 0.25) is 15.6 Å². The van der Waals surface area contributed by atoms with Crippen LogP contribution in [0, 0.1) is 0 Å². The van der Waals surface area contributed by atoms with Crippen LogP contribution in [0.3, 0.4) is 0 Å². The van der Waals surface area contributed by atoms with Crippen LogP contribution < -0.4 is 5.32 Å². The predicted molar refractivity (Wildman–Crippen MR) is 80.4 cm³/mol. The summed E-state index contributed by atoms with van der Waals surface area (Å²) < 4.78 is 25.3. The molecule has 5 heteroatoms. The molecule has 1 N–H and O–H groups in total. The predicted octanol–water partition coefficient (Wildman–Crippen LogP) is 2.24. The molecule has 0 atom stereocenters. The van der Waals surface area contributed by atoms with Crippen molar-refractivity contribution in [1.29, 1.82) is 0 Å². The fourth-order valence-electron chi connectivity index (χ4n) is 2.48. The van der Waals surface area contributed by atoms with E-state index in [2.05, 4.69) is 5.32 Å². The van der Waals surface area contributed by atoms with E-state index in [0.717, 1.165) is 0 Å². The van der Waals surface area contributed by atoms with Crippen molar-refractivity contribution < 1.29 is 13.2 Å². The van der Waals surface area contributed by atoms with Crippen LogP contribution in [0.4, 0.5) is 0 Å². The fraction of sp³-hybridized carbons (Fsp3) is 0.0625. The average Bonchev–Trinajstić information content (AvgIpc) is 2.71. The number of carbonyl (C=O) groups is 1. The molecule has 0 spiro atoms. The van der Waals surface area contributed by atoms with E-state index >= 15 is 0 Å². The average molecular weight is 299 g/mol. The van der Waals surface area contributed by atoms with Crippen molar-refractivity contribution in [2.75, 3.05) is 7.05 Å². The third kappa shape index (κ3) is 1.97. The molecule has 2 aromatic carbocycles. The normalized spacial score (nSPS) is 18.2. The van der Waals surface area contributed by atoms with Gasteiger partial charge >= 0.3 is 0 Å². The number of hydrogen-bond donors (Lipinski definition) is 1. The molecular weight excluding hydrogens is 286 g/mol. The van der Waals surface area contributed by atoms with Crippen molar-refractivity contribution >= 4 is 21.3 Å². The summed E-state index contributed by atoms with van der Waals surface area (Å²) in [4.78, 5) is 12.4. The summed E-state index contributed by atoms with van der Waals surface area (Å²) in [5.74, 6) is -0.459. The standard InChI is InChI=1S/C16H13NO3S/c1-17-14(11-7-3-2-4-8-11)16-15(18)12-9-5-6-10-13(12)21(16,19)20/h2-10,17H,1H3/b16-14+. The summed E-state index contributed by atoms with van der Waals surface area (Å²) in [6.45, 7) is 0. The first-order chi connectivity index (χ1) is 10.1. The topological polar surface area (TPSA) is 63.2 Å². The van der Waals surface area contributed by atoms with Crippen LogP contribution in [0.5, 0.6) is 0 Å². The molecule has 0 amide bonds. The van der Waals surface area contributed by atoms with E-state index in [9.17, 15) is 13.2 Å². The van der Waals surface area contributed by atoms with Crippen LogP contribution in [-0.4, -0.2) is 21.2 Å². The Kier molecular flexibility index (Phi) is 3.14. The first kappa shape index (κ1) is 13.6. The molecule has 2 aromatic rings. The van der Waals surface area contributed by atoms with Gasteiger partial charge in [0.1, 0.15) is 4.91 Å². The van der Waals surface area contributed by atoms with Gasteiger partial charge < -0.3 is 5.32 Å². The van der Waals surface area contributed by atoms with E-state index in [1.54, 1.807) is 49.5 Å². The lowest BCUT2D eigenvalue weighted by atomic mass is 10.1. The van der Waals surface area contributed by atoms with Crippen molar-refractivity contribution in [3.8, 4) is 0 Å². The SMILES string of the molecule is CN/C(=C1\C(=O)c2ccccc2S1(=O)=O)c1ccccc1. The largest absolute Gasteiger partial charge is 0.386 e. The highest BCUT2D eigenvalue weighted by Crippen LogP contribution is 2.37. The number of allylic oxidation sites excluding steroid dienone is 1. The zero-order chi connectivity index (χ0) is 15.0. The smallest absolute Gasteiger partial charge is 0.213 e. The van der Waals surface area contributed by atoms with Gasteiger partial charge in [-0.25, -0.2) is 8.42 Å². The van der Waals surface area contributed by atoms with Gasteiger partial charge in [0, 0.05) is 12.6 Å². The molecule has 21 heavy (non-hydrogen) atoms. The maximum absolute atomic E-state index is 12.6. The van der Waals surface area contributed by atoms with Crippen LogP contribution >= 0.6 is 0 Å². The Labute approximate surface area is 123 Å². The first-order valence-corrected chi connectivity index (χ1v) is 7.92. The molecule has 0 saturated heterocycles. The summed E-state index contributed by atoms with van der Waals surface area (Å²) in [5.41, 5.74) is 1.23. The Morgan fingerprint density at radius 1 is 0.952 bits per heavy atom. The van der Waals surface area contributed by atoms with Crippen molar-refractivity contribution in [3.63, 3.8) is 0 Å². The second-order valence-corrected chi connectivity index (χ2v) is 6.50. The number of carbonyl (C=O) groups excluding carboxylic acids is 1. The van der Waals surface area contributed by atoms with Crippen LogP contribution in [0.15, 0.2) is 64.4 Å². The molecular formula is C16H13NO3S. The third-order valence-electron chi connectivity index (χ3n) is 3.44. The Morgan fingerprint density at radius 3 is 2.19 bits per heavy atom. The molecule has 3 rings (SSSR count). The summed E-state index contributed by atoms with van der Waals surface area (Å²) in [7, 11) is -2.18. The first-order valence-electron chi connectivity index (χ1n) is 6.43. The highest BCUT2D eigenvalue weighted by atomic mass is 32.2. The van der Waals surface area contributed by atoms with Crippen molar-refractivity contribution in [3.05, 3.63) is 70.6 Å². The summed E-state index contributed by atoms with van der Waals surface area (Å²) in [6, 6.07) is 15.3. The van der Waals surface area contributed by atoms with E-state index in [-0.39, 0.29) is 15.4 Å². The molecule has 0 aliphatic carbocycles. The molecule has 0 aromatic heterocycles. The molecule has 0 fully saturated rings. The minimum absolute atomic E-state index is 0.0775. The van der Waals surface area contributed by atoms with E-state index in [1.165, 1.54) is 6.07 Å². The van der Waals surface area contributed by atoms with Crippen LogP contribution in [0.1, 0.15) is 15.9 Å². The van der Waals surface area contributed by atoms with Gasteiger partial charge in [-0.3, -0.25) is 4.79 Å². The lowest BCUT2D eigenvalue weighted by Gasteiger charge is -2.10. The number of Topliss-reactive ketones (excluding diaryl/α,β-unsaturated/α-hetero) is 1. The van der Waals surface area contributed by atoms with E-state index in [0.29, 0.717) is 11.3 Å². The summed E-state index contributed by atoms with van der Waals surface area (Å²) in [6.07, 6.45) is 0. The van der Waals surface area contributed by atoms with E-state index in [4.69, 9.17) is 0 Å².